The summed E-state index contributed by atoms with van der Waals surface area (Å²) < 4.78 is 4.81. The molecule has 5 heteroatoms. The zero-order chi connectivity index (χ0) is 11.4. The number of rotatable bonds is 4. The van der Waals surface area contributed by atoms with E-state index in [2.05, 4.69) is 5.32 Å². The van der Waals surface area contributed by atoms with E-state index in [1.54, 1.807) is 0 Å². The quantitative estimate of drug-likeness (QED) is 0.827. The lowest BCUT2D eigenvalue weighted by Crippen LogP contribution is -2.40. The second-order valence-electron chi connectivity index (χ2n) is 3.73. The molecular formula is C10H15ClN2O2. The Bertz CT molecular complexity index is 336. The highest BCUT2D eigenvalue weighted by Crippen LogP contribution is 2.16. The van der Waals surface area contributed by atoms with Gasteiger partial charge in [0.05, 0.1) is 11.8 Å². The smallest absolute Gasteiger partial charge is 0.256 e. The van der Waals surface area contributed by atoms with Gasteiger partial charge in [-0.25, -0.2) is 0 Å². The minimum atomic E-state index is -0.259. The first-order valence-corrected chi connectivity index (χ1v) is 5.17. The van der Waals surface area contributed by atoms with Crippen molar-refractivity contribution in [2.45, 2.75) is 19.9 Å². The van der Waals surface area contributed by atoms with Crippen LogP contribution in [0.3, 0.4) is 0 Å². The van der Waals surface area contributed by atoms with Crippen molar-refractivity contribution in [3.05, 3.63) is 23.1 Å². The molecule has 1 heterocycles. The molecule has 0 spiro atoms. The van der Waals surface area contributed by atoms with E-state index >= 15 is 0 Å². The van der Waals surface area contributed by atoms with Gasteiger partial charge in [-0.05, 0) is 23.6 Å². The number of halogens is 1. The van der Waals surface area contributed by atoms with Gasteiger partial charge < -0.3 is 15.5 Å². The highest BCUT2D eigenvalue weighted by molar-refractivity contribution is 6.32. The van der Waals surface area contributed by atoms with Crippen molar-refractivity contribution in [3.8, 4) is 0 Å². The Morgan fingerprint density at radius 2 is 2.33 bits per heavy atom. The van der Waals surface area contributed by atoms with Gasteiger partial charge >= 0.3 is 0 Å². The van der Waals surface area contributed by atoms with Crippen LogP contribution in [0.5, 0.6) is 0 Å². The molecule has 0 bridgehead atoms. The van der Waals surface area contributed by atoms with Crippen molar-refractivity contribution < 1.29 is 9.21 Å². The molecule has 15 heavy (non-hydrogen) atoms. The van der Waals surface area contributed by atoms with Crippen molar-refractivity contribution >= 4 is 17.5 Å². The molecule has 1 rings (SSSR count). The molecule has 3 N–H and O–H groups in total. The first-order valence-electron chi connectivity index (χ1n) is 4.79. The fourth-order valence-corrected chi connectivity index (χ4v) is 1.20. The lowest BCUT2D eigenvalue weighted by Gasteiger charge is -2.15. The number of nitrogens with two attached hydrogens (primary N) is 1. The van der Waals surface area contributed by atoms with Crippen LogP contribution in [0.4, 0.5) is 0 Å². The van der Waals surface area contributed by atoms with Gasteiger partial charge in [-0.2, -0.15) is 0 Å². The van der Waals surface area contributed by atoms with Crippen LogP contribution in [0.15, 0.2) is 16.7 Å². The van der Waals surface area contributed by atoms with Crippen molar-refractivity contribution in [2.75, 3.05) is 6.54 Å². The molecule has 1 aromatic rings. The third-order valence-electron chi connectivity index (χ3n) is 2.22. The van der Waals surface area contributed by atoms with Crippen LogP contribution in [0, 0.1) is 5.92 Å². The van der Waals surface area contributed by atoms with Crippen molar-refractivity contribution in [1.29, 1.82) is 0 Å². The number of furan rings is 1. The number of carbonyl (C=O) groups is 1. The highest BCUT2D eigenvalue weighted by atomic mass is 35.5. The fraction of sp³-hybridized carbons (Fsp3) is 0.500. The van der Waals surface area contributed by atoms with Gasteiger partial charge in [-0.15, -0.1) is 0 Å². The Morgan fingerprint density at radius 1 is 1.67 bits per heavy atom. The number of nitrogens with one attached hydrogen (secondary N) is 1. The van der Waals surface area contributed by atoms with Crippen LogP contribution in [0.2, 0.25) is 5.22 Å². The topological polar surface area (TPSA) is 68.3 Å². The van der Waals surface area contributed by atoms with Crippen LogP contribution in [0.25, 0.3) is 0 Å². The molecule has 0 radical (unpaired) electrons. The minimum absolute atomic E-state index is 0.0559. The Hall–Kier alpha value is -1.00. The van der Waals surface area contributed by atoms with E-state index in [1.807, 2.05) is 13.8 Å². The van der Waals surface area contributed by atoms with Gasteiger partial charge in [0.1, 0.15) is 0 Å². The van der Waals surface area contributed by atoms with Gasteiger partial charge in [-0.3, -0.25) is 4.79 Å². The summed E-state index contributed by atoms with van der Waals surface area (Å²) in [5.41, 5.74) is 6.13. The largest absolute Gasteiger partial charge is 0.452 e. The standard InChI is InChI=1S/C10H15ClN2O2/c1-6(2)8(12)5-13-10(14)7-3-4-15-9(7)11/h3-4,6,8H,5,12H2,1-2H3,(H,13,14). The molecule has 84 valence electrons. The molecule has 0 aromatic carbocycles. The summed E-state index contributed by atoms with van der Waals surface area (Å²) in [6.07, 6.45) is 1.37. The first-order chi connectivity index (χ1) is 7.02. The normalized spacial score (nSPS) is 12.9. The maximum Gasteiger partial charge on any atom is 0.256 e. The lowest BCUT2D eigenvalue weighted by molar-refractivity contribution is 0.0949. The van der Waals surface area contributed by atoms with E-state index in [1.165, 1.54) is 12.3 Å². The predicted molar refractivity (Wildman–Crippen MR) is 58.9 cm³/mol. The van der Waals surface area contributed by atoms with E-state index in [4.69, 9.17) is 21.8 Å². The van der Waals surface area contributed by atoms with E-state index in [-0.39, 0.29) is 17.2 Å². The molecule has 4 nitrogen and oxygen atoms in total. The molecule has 1 unspecified atom stereocenters. The Balaban J connectivity index is 2.47. The molecule has 0 fully saturated rings. The summed E-state index contributed by atoms with van der Waals surface area (Å²) in [5, 5.41) is 2.80. The summed E-state index contributed by atoms with van der Waals surface area (Å²) >= 11 is 5.65. The van der Waals surface area contributed by atoms with Crippen molar-refractivity contribution in [2.24, 2.45) is 11.7 Å². The molecule has 0 aliphatic heterocycles. The fourth-order valence-electron chi connectivity index (χ4n) is 0.997. The number of amides is 1. The van der Waals surface area contributed by atoms with Crippen molar-refractivity contribution in [3.63, 3.8) is 0 Å². The maximum atomic E-state index is 11.5. The highest BCUT2D eigenvalue weighted by Gasteiger charge is 2.14. The predicted octanol–water partition coefficient (Wildman–Crippen LogP) is 1.65. The van der Waals surface area contributed by atoms with Gasteiger partial charge in [-0.1, -0.05) is 13.8 Å². The Labute approximate surface area is 93.8 Å². The second kappa shape index (κ2) is 5.19. The average Bonchev–Trinajstić information content (AvgIpc) is 2.60. The minimum Gasteiger partial charge on any atom is -0.452 e. The van der Waals surface area contributed by atoms with Gasteiger partial charge in [0.25, 0.3) is 5.91 Å². The molecular weight excluding hydrogens is 216 g/mol. The summed E-state index contributed by atoms with van der Waals surface area (Å²) in [5.74, 6) is 0.0648. The van der Waals surface area contributed by atoms with Gasteiger partial charge in [0.2, 0.25) is 5.22 Å². The Kier molecular flexibility index (Phi) is 4.17. The summed E-state index contributed by atoms with van der Waals surface area (Å²) in [6, 6.07) is 1.47. The molecule has 0 aliphatic rings. The average molecular weight is 231 g/mol. The number of carbonyl (C=O) groups excluding carboxylic acids is 1. The molecule has 0 saturated heterocycles. The van der Waals surface area contributed by atoms with E-state index in [0.29, 0.717) is 18.0 Å². The number of hydrogen-bond acceptors (Lipinski definition) is 3. The van der Waals surface area contributed by atoms with Gasteiger partial charge in [0, 0.05) is 12.6 Å². The third-order valence-corrected chi connectivity index (χ3v) is 2.51. The zero-order valence-electron chi connectivity index (χ0n) is 8.79. The molecule has 0 saturated carbocycles. The van der Waals surface area contributed by atoms with E-state index < -0.39 is 0 Å². The summed E-state index contributed by atoms with van der Waals surface area (Å²) in [6.45, 7) is 4.43. The number of hydrogen-bond donors (Lipinski definition) is 2. The molecule has 1 aromatic heterocycles. The molecule has 1 amide bonds. The molecule has 1 atom stereocenters. The zero-order valence-corrected chi connectivity index (χ0v) is 9.54. The van der Waals surface area contributed by atoms with Crippen LogP contribution < -0.4 is 11.1 Å². The summed E-state index contributed by atoms with van der Waals surface area (Å²) in [4.78, 5) is 11.5. The van der Waals surface area contributed by atoms with E-state index in [9.17, 15) is 4.79 Å². The lowest BCUT2D eigenvalue weighted by atomic mass is 10.1. The second-order valence-corrected chi connectivity index (χ2v) is 4.07. The monoisotopic (exact) mass is 230 g/mol. The third kappa shape index (κ3) is 3.25. The molecule has 0 aliphatic carbocycles. The van der Waals surface area contributed by atoms with Crippen LogP contribution in [0.1, 0.15) is 24.2 Å². The van der Waals surface area contributed by atoms with Crippen LogP contribution >= 0.6 is 11.6 Å². The Morgan fingerprint density at radius 3 is 2.80 bits per heavy atom. The first kappa shape index (κ1) is 12.1. The van der Waals surface area contributed by atoms with E-state index in [0.717, 1.165) is 0 Å². The van der Waals surface area contributed by atoms with Crippen molar-refractivity contribution in [1.82, 2.24) is 5.32 Å². The van der Waals surface area contributed by atoms with Gasteiger partial charge in [0.15, 0.2) is 0 Å². The maximum absolute atomic E-state index is 11.5. The SMILES string of the molecule is CC(C)C(N)CNC(=O)c1ccoc1Cl. The van der Waals surface area contributed by atoms with Crippen LogP contribution in [-0.2, 0) is 0 Å². The van der Waals surface area contributed by atoms with Crippen LogP contribution in [-0.4, -0.2) is 18.5 Å². The summed E-state index contributed by atoms with van der Waals surface area (Å²) in [7, 11) is 0.